The van der Waals surface area contributed by atoms with Crippen LogP contribution in [0.5, 0.6) is 0 Å². The van der Waals surface area contributed by atoms with Gasteiger partial charge in [0.25, 0.3) is 0 Å². The minimum Gasteiger partial charge on any atom is -0.357 e. The molecule has 84 valence electrons. The zero-order chi connectivity index (χ0) is 11.0. The average Bonchev–Trinajstić information content (AvgIpc) is 2.56. The third-order valence-electron chi connectivity index (χ3n) is 3.71. The summed E-state index contributed by atoms with van der Waals surface area (Å²) in [7, 11) is 2.06. The summed E-state index contributed by atoms with van der Waals surface area (Å²) in [5.74, 6) is 0. The second kappa shape index (κ2) is 3.95. The van der Waals surface area contributed by atoms with Crippen molar-refractivity contribution in [2.45, 2.75) is 31.7 Å². The Morgan fingerprint density at radius 3 is 3.00 bits per heavy atom. The van der Waals surface area contributed by atoms with Gasteiger partial charge < -0.3 is 10.3 Å². The first-order valence-corrected chi connectivity index (χ1v) is 6.17. The van der Waals surface area contributed by atoms with Crippen molar-refractivity contribution in [1.82, 2.24) is 10.3 Å². The summed E-state index contributed by atoms with van der Waals surface area (Å²) in [4.78, 5) is 3.59. The Morgan fingerprint density at radius 2 is 2.12 bits per heavy atom. The van der Waals surface area contributed by atoms with Crippen LogP contribution in [0, 0.1) is 0 Å². The number of rotatable bonds is 1. The molecular formula is C14H18N2. The van der Waals surface area contributed by atoms with Crippen LogP contribution in [0.25, 0.3) is 10.9 Å². The second-order valence-corrected chi connectivity index (χ2v) is 4.65. The number of H-pyrrole nitrogens is 1. The number of para-hydroxylation sites is 1. The monoisotopic (exact) mass is 214 g/mol. The maximum absolute atomic E-state index is 3.59. The normalized spacial score (nSPS) is 20.7. The quantitative estimate of drug-likeness (QED) is 0.701. The number of aromatic amines is 1. The summed E-state index contributed by atoms with van der Waals surface area (Å²) >= 11 is 0. The fourth-order valence-electron chi connectivity index (χ4n) is 2.87. The number of nitrogens with one attached hydrogen (secondary N) is 2. The van der Waals surface area contributed by atoms with E-state index in [1.165, 1.54) is 47.8 Å². The van der Waals surface area contributed by atoms with Crippen molar-refractivity contribution < 1.29 is 0 Å². The Balaban J connectivity index is 2.21. The summed E-state index contributed by atoms with van der Waals surface area (Å²) < 4.78 is 0. The van der Waals surface area contributed by atoms with Crippen molar-refractivity contribution in [1.29, 1.82) is 0 Å². The molecule has 3 rings (SSSR count). The van der Waals surface area contributed by atoms with Gasteiger partial charge in [-0.3, -0.25) is 0 Å². The highest BCUT2D eigenvalue weighted by molar-refractivity contribution is 5.84. The van der Waals surface area contributed by atoms with E-state index in [1.54, 1.807) is 0 Å². The number of hydrogen-bond donors (Lipinski definition) is 2. The maximum Gasteiger partial charge on any atom is 0.0473 e. The summed E-state index contributed by atoms with van der Waals surface area (Å²) in [6.07, 6.45) is 5.10. The van der Waals surface area contributed by atoms with Crippen molar-refractivity contribution in [3.8, 4) is 0 Å². The van der Waals surface area contributed by atoms with Crippen LogP contribution in [0.15, 0.2) is 24.3 Å². The number of aromatic nitrogens is 1. The Morgan fingerprint density at radius 1 is 1.25 bits per heavy atom. The van der Waals surface area contributed by atoms with E-state index in [2.05, 4.69) is 41.6 Å². The van der Waals surface area contributed by atoms with Gasteiger partial charge in [-0.25, -0.2) is 0 Å². The van der Waals surface area contributed by atoms with Crippen molar-refractivity contribution in [3.63, 3.8) is 0 Å². The Kier molecular flexibility index (Phi) is 2.44. The third kappa shape index (κ3) is 1.45. The highest BCUT2D eigenvalue weighted by atomic mass is 14.9. The van der Waals surface area contributed by atoms with Gasteiger partial charge in [0.2, 0.25) is 0 Å². The lowest BCUT2D eigenvalue weighted by Crippen LogP contribution is -2.16. The molecule has 2 heteroatoms. The maximum atomic E-state index is 3.59. The van der Waals surface area contributed by atoms with Gasteiger partial charge in [-0.1, -0.05) is 24.6 Å². The highest BCUT2D eigenvalue weighted by Gasteiger charge is 2.20. The number of benzene rings is 1. The summed E-state index contributed by atoms with van der Waals surface area (Å²) in [6, 6.07) is 9.16. The minimum atomic E-state index is 0.505. The number of hydrogen-bond acceptors (Lipinski definition) is 1. The molecule has 2 nitrogen and oxygen atoms in total. The lowest BCUT2D eigenvalue weighted by molar-refractivity contribution is 0.524. The largest absolute Gasteiger partial charge is 0.357 e. The topological polar surface area (TPSA) is 27.8 Å². The zero-order valence-corrected chi connectivity index (χ0v) is 9.72. The first kappa shape index (κ1) is 9.91. The van der Waals surface area contributed by atoms with Gasteiger partial charge in [-0.15, -0.1) is 0 Å². The standard InChI is InChI=1S/C14H18N2/c1-15-13-9-5-3-7-11-10-6-2-4-8-12(10)16-14(11)13/h2,4,6,8,13,15-16H,3,5,7,9H2,1H3. The predicted octanol–water partition coefficient (Wildman–Crippen LogP) is 3.15. The van der Waals surface area contributed by atoms with E-state index < -0.39 is 0 Å². The van der Waals surface area contributed by atoms with Crippen LogP contribution in [-0.2, 0) is 6.42 Å². The molecule has 1 aromatic heterocycles. The number of aryl methyl sites for hydroxylation is 1. The molecule has 1 aliphatic rings. The molecule has 1 unspecified atom stereocenters. The lowest BCUT2D eigenvalue weighted by Gasteiger charge is -2.13. The number of fused-ring (bicyclic) bond motifs is 3. The third-order valence-corrected chi connectivity index (χ3v) is 3.71. The molecular weight excluding hydrogens is 196 g/mol. The molecule has 0 spiro atoms. The first-order valence-electron chi connectivity index (χ1n) is 6.17. The van der Waals surface area contributed by atoms with E-state index in [9.17, 15) is 0 Å². The van der Waals surface area contributed by atoms with Crippen molar-refractivity contribution in [2.24, 2.45) is 0 Å². The molecule has 0 aliphatic heterocycles. The van der Waals surface area contributed by atoms with Crippen molar-refractivity contribution in [2.75, 3.05) is 7.05 Å². The first-order chi connectivity index (χ1) is 7.90. The van der Waals surface area contributed by atoms with Crippen LogP contribution in [0.3, 0.4) is 0 Å². The highest BCUT2D eigenvalue weighted by Crippen LogP contribution is 2.33. The van der Waals surface area contributed by atoms with E-state index >= 15 is 0 Å². The Labute approximate surface area is 96.1 Å². The molecule has 0 fully saturated rings. The molecule has 2 N–H and O–H groups in total. The molecule has 1 aliphatic carbocycles. The van der Waals surface area contributed by atoms with Gasteiger partial charge in [-0.2, -0.15) is 0 Å². The van der Waals surface area contributed by atoms with Gasteiger partial charge in [0.05, 0.1) is 0 Å². The van der Waals surface area contributed by atoms with Crippen LogP contribution in [0.2, 0.25) is 0 Å². The van der Waals surface area contributed by atoms with E-state index in [0.29, 0.717) is 6.04 Å². The SMILES string of the molecule is CNC1CCCCc2c1[nH]c1ccccc21. The molecule has 2 aromatic rings. The minimum absolute atomic E-state index is 0.505. The van der Waals surface area contributed by atoms with Gasteiger partial charge in [0.1, 0.15) is 0 Å². The fourth-order valence-corrected chi connectivity index (χ4v) is 2.87. The summed E-state index contributed by atoms with van der Waals surface area (Å²) in [6.45, 7) is 0. The van der Waals surface area contributed by atoms with E-state index in [4.69, 9.17) is 0 Å². The molecule has 0 bridgehead atoms. The van der Waals surface area contributed by atoms with E-state index in [0.717, 1.165) is 0 Å². The second-order valence-electron chi connectivity index (χ2n) is 4.65. The molecule has 1 atom stereocenters. The molecule has 1 heterocycles. The van der Waals surface area contributed by atoms with Crippen molar-refractivity contribution in [3.05, 3.63) is 35.5 Å². The predicted molar refractivity (Wildman–Crippen MR) is 67.7 cm³/mol. The van der Waals surface area contributed by atoms with Gasteiger partial charge >= 0.3 is 0 Å². The Hall–Kier alpha value is -1.28. The summed E-state index contributed by atoms with van der Waals surface area (Å²) in [5.41, 5.74) is 4.24. The Bertz CT molecular complexity index is 498. The van der Waals surface area contributed by atoms with Gasteiger partial charge in [-0.05, 0) is 37.9 Å². The molecule has 16 heavy (non-hydrogen) atoms. The van der Waals surface area contributed by atoms with E-state index in [-0.39, 0.29) is 0 Å². The zero-order valence-electron chi connectivity index (χ0n) is 9.72. The van der Waals surface area contributed by atoms with Crippen molar-refractivity contribution >= 4 is 10.9 Å². The van der Waals surface area contributed by atoms with E-state index in [1.807, 2.05) is 0 Å². The molecule has 1 aromatic carbocycles. The average molecular weight is 214 g/mol. The molecule has 0 amide bonds. The van der Waals surface area contributed by atoms with Gasteiger partial charge in [0, 0.05) is 22.6 Å². The van der Waals surface area contributed by atoms with Crippen LogP contribution >= 0.6 is 0 Å². The van der Waals surface area contributed by atoms with Gasteiger partial charge in [0.15, 0.2) is 0 Å². The van der Waals surface area contributed by atoms with Crippen LogP contribution in [0.4, 0.5) is 0 Å². The van der Waals surface area contributed by atoms with Crippen LogP contribution < -0.4 is 5.32 Å². The fraction of sp³-hybridized carbons (Fsp3) is 0.429. The molecule has 0 saturated heterocycles. The van der Waals surface area contributed by atoms with Crippen LogP contribution in [-0.4, -0.2) is 12.0 Å². The molecule has 0 saturated carbocycles. The van der Waals surface area contributed by atoms with Crippen LogP contribution in [0.1, 0.15) is 36.6 Å². The lowest BCUT2D eigenvalue weighted by atomic mass is 10.1. The summed E-state index contributed by atoms with van der Waals surface area (Å²) in [5, 5.41) is 4.85. The smallest absolute Gasteiger partial charge is 0.0473 e. The molecule has 0 radical (unpaired) electrons.